The van der Waals surface area contributed by atoms with Crippen LogP contribution in [0.5, 0.6) is 5.75 Å². The van der Waals surface area contributed by atoms with Gasteiger partial charge in [-0.15, -0.1) is 0 Å². The molecular weight excluding hydrogens is 249 g/mol. The van der Waals surface area contributed by atoms with Crippen LogP contribution >= 0.6 is 0 Å². The van der Waals surface area contributed by atoms with Crippen molar-refractivity contribution in [3.8, 4) is 16.9 Å². The van der Waals surface area contributed by atoms with Gasteiger partial charge in [-0.3, -0.25) is 4.98 Å². The SMILES string of the molecule is COc1ccc(-c2cnc3[nH]c(=O)[nH]c3c2)cc1F. The second-order valence-corrected chi connectivity index (χ2v) is 4.05. The van der Waals surface area contributed by atoms with Crippen LogP contribution in [0.2, 0.25) is 0 Å². The van der Waals surface area contributed by atoms with E-state index in [1.807, 2.05) is 0 Å². The summed E-state index contributed by atoms with van der Waals surface area (Å²) in [5, 5.41) is 0. The Morgan fingerprint density at radius 3 is 2.79 bits per heavy atom. The minimum atomic E-state index is -0.442. The molecule has 0 saturated heterocycles. The lowest BCUT2D eigenvalue weighted by molar-refractivity contribution is 0.386. The van der Waals surface area contributed by atoms with Crippen LogP contribution in [0.1, 0.15) is 0 Å². The van der Waals surface area contributed by atoms with Crippen LogP contribution in [0.15, 0.2) is 35.3 Å². The van der Waals surface area contributed by atoms with Gasteiger partial charge in [-0.25, -0.2) is 14.2 Å². The van der Waals surface area contributed by atoms with Gasteiger partial charge in [-0.1, -0.05) is 6.07 Å². The van der Waals surface area contributed by atoms with Crippen molar-refractivity contribution in [2.75, 3.05) is 7.11 Å². The van der Waals surface area contributed by atoms with Gasteiger partial charge in [0.15, 0.2) is 17.2 Å². The van der Waals surface area contributed by atoms with Crippen LogP contribution in [0, 0.1) is 5.82 Å². The summed E-state index contributed by atoms with van der Waals surface area (Å²) < 4.78 is 18.5. The van der Waals surface area contributed by atoms with Crippen LogP contribution in [0.3, 0.4) is 0 Å². The van der Waals surface area contributed by atoms with Gasteiger partial charge in [-0.05, 0) is 23.8 Å². The summed E-state index contributed by atoms with van der Waals surface area (Å²) in [6, 6.07) is 6.39. The Balaban J connectivity index is 2.12. The Morgan fingerprint density at radius 1 is 1.21 bits per heavy atom. The van der Waals surface area contributed by atoms with E-state index in [0.29, 0.717) is 22.3 Å². The molecule has 0 aliphatic carbocycles. The molecule has 0 saturated carbocycles. The smallest absolute Gasteiger partial charge is 0.325 e. The number of fused-ring (bicyclic) bond motifs is 1. The van der Waals surface area contributed by atoms with E-state index in [-0.39, 0.29) is 11.4 Å². The fourth-order valence-corrected chi connectivity index (χ4v) is 1.92. The summed E-state index contributed by atoms with van der Waals surface area (Å²) in [5.41, 5.74) is 2.11. The maximum absolute atomic E-state index is 13.6. The van der Waals surface area contributed by atoms with Crippen molar-refractivity contribution in [1.29, 1.82) is 0 Å². The quantitative estimate of drug-likeness (QED) is 0.740. The number of pyridine rings is 1. The van der Waals surface area contributed by atoms with Gasteiger partial charge >= 0.3 is 5.69 Å². The van der Waals surface area contributed by atoms with Crippen LogP contribution in [0.25, 0.3) is 22.3 Å². The lowest BCUT2D eigenvalue weighted by atomic mass is 10.1. The number of hydrogen-bond donors (Lipinski definition) is 2. The second kappa shape index (κ2) is 4.24. The standard InChI is InChI=1S/C13H10FN3O2/c1-19-11-3-2-7(4-9(11)14)8-5-10-12(15-6-8)17-13(18)16-10/h2-6H,1H3,(H2,15,16,17,18). The normalized spacial score (nSPS) is 10.8. The Morgan fingerprint density at radius 2 is 2.05 bits per heavy atom. The molecule has 0 fully saturated rings. The van der Waals surface area contributed by atoms with Crippen LogP contribution in [-0.4, -0.2) is 22.1 Å². The molecule has 2 aromatic heterocycles. The fraction of sp³-hybridized carbons (Fsp3) is 0.0769. The van der Waals surface area contributed by atoms with Crippen molar-refractivity contribution >= 4 is 11.2 Å². The largest absolute Gasteiger partial charge is 0.494 e. The highest BCUT2D eigenvalue weighted by molar-refractivity contribution is 5.77. The van der Waals surface area contributed by atoms with Crippen LogP contribution in [0.4, 0.5) is 4.39 Å². The predicted octanol–water partition coefficient (Wildman–Crippen LogP) is 2.07. The summed E-state index contributed by atoms with van der Waals surface area (Å²) in [6.45, 7) is 0. The third-order valence-corrected chi connectivity index (χ3v) is 2.85. The topological polar surface area (TPSA) is 70.8 Å². The second-order valence-electron chi connectivity index (χ2n) is 4.05. The average Bonchev–Trinajstić information content (AvgIpc) is 2.77. The summed E-state index contributed by atoms with van der Waals surface area (Å²) in [7, 11) is 1.41. The summed E-state index contributed by atoms with van der Waals surface area (Å²) in [5.74, 6) is -0.254. The molecule has 6 heteroatoms. The number of rotatable bonds is 2. The van der Waals surface area contributed by atoms with Gasteiger partial charge in [0.25, 0.3) is 0 Å². The number of halogens is 1. The summed E-state index contributed by atoms with van der Waals surface area (Å²) in [4.78, 5) is 20.4. The van der Waals surface area contributed by atoms with E-state index in [1.165, 1.54) is 13.2 Å². The van der Waals surface area contributed by atoms with Gasteiger partial charge in [-0.2, -0.15) is 0 Å². The lowest BCUT2D eigenvalue weighted by Gasteiger charge is -2.05. The molecule has 0 spiro atoms. The van der Waals surface area contributed by atoms with Crippen molar-refractivity contribution in [2.45, 2.75) is 0 Å². The first kappa shape index (κ1) is 11.5. The first-order valence-corrected chi connectivity index (χ1v) is 5.59. The number of aromatic amines is 2. The zero-order valence-electron chi connectivity index (χ0n) is 10.0. The zero-order valence-corrected chi connectivity index (χ0v) is 10.0. The number of nitrogens with zero attached hydrogens (tertiary/aromatic N) is 1. The predicted molar refractivity (Wildman–Crippen MR) is 68.7 cm³/mol. The monoisotopic (exact) mass is 259 g/mol. The van der Waals surface area contributed by atoms with Gasteiger partial charge in [0, 0.05) is 11.8 Å². The molecule has 0 aliphatic heterocycles. The minimum Gasteiger partial charge on any atom is -0.494 e. The van der Waals surface area contributed by atoms with E-state index in [0.717, 1.165) is 0 Å². The molecule has 0 bridgehead atoms. The van der Waals surface area contributed by atoms with Gasteiger partial charge in [0.2, 0.25) is 0 Å². The number of methoxy groups -OCH3 is 1. The minimum absolute atomic E-state index is 0.188. The molecule has 19 heavy (non-hydrogen) atoms. The van der Waals surface area contributed by atoms with E-state index in [1.54, 1.807) is 24.4 Å². The van der Waals surface area contributed by atoms with E-state index < -0.39 is 5.82 Å². The van der Waals surface area contributed by atoms with Crippen molar-refractivity contribution in [2.24, 2.45) is 0 Å². The number of imidazole rings is 1. The molecule has 3 aromatic rings. The van der Waals surface area contributed by atoms with E-state index in [2.05, 4.69) is 15.0 Å². The summed E-state index contributed by atoms with van der Waals surface area (Å²) >= 11 is 0. The van der Waals surface area contributed by atoms with E-state index in [4.69, 9.17) is 4.74 Å². The van der Waals surface area contributed by atoms with Crippen LogP contribution < -0.4 is 10.4 Å². The third kappa shape index (κ3) is 1.97. The first-order chi connectivity index (χ1) is 9.17. The molecule has 2 N–H and O–H groups in total. The lowest BCUT2D eigenvalue weighted by Crippen LogP contribution is -1.99. The number of benzene rings is 1. The average molecular weight is 259 g/mol. The molecule has 3 rings (SSSR count). The molecule has 1 aromatic carbocycles. The fourth-order valence-electron chi connectivity index (χ4n) is 1.92. The van der Waals surface area contributed by atoms with Gasteiger partial charge < -0.3 is 9.72 Å². The third-order valence-electron chi connectivity index (χ3n) is 2.85. The molecule has 2 heterocycles. The first-order valence-electron chi connectivity index (χ1n) is 5.59. The summed E-state index contributed by atoms with van der Waals surface area (Å²) in [6.07, 6.45) is 1.58. The van der Waals surface area contributed by atoms with Crippen molar-refractivity contribution < 1.29 is 9.13 Å². The molecule has 96 valence electrons. The maximum atomic E-state index is 13.6. The van der Waals surface area contributed by atoms with E-state index in [9.17, 15) is 9.18 Å². The van der Waals surface area contributed by atoms with Crippen molar-refractivity contribution in [3.63, 3.8) is 0 Å². The molecule has 0 aliphatic rings. The molecule has 0 amide bonds. The molecule has 5 nitrogen and oxygen atoms in total. The number of nitrogens with one attached hydrogen (secondary N) is 2. The number of H-pyrrole nitrogens is 2. The van der Waals surface area contributed by atoms with Gasteiger partial charge in [0.05, 0.1) is 12.6 Å². The zero-order chi connectivity index (χ0) is 13.4. The highest BCUT2D eigenvalue weighted by Gasteiger charge is 2.07. The Labute approximate surface area is 107 Å². The number of ether oxygens (including phenoxy) is 1. The van der Waals surface area contributed by atoms with Crippen molar-refractivity contribution in [1.82, 2.24) is 15.0 Å². The maximum Gasteiger partial charge on any atom is 0.325 e. The number of hydrogen-bond acceptors (Lipinski definition) is 3. The van der Waals surface area contributed by atoms with Gasteiger partial charge in [0.1, 0.15) is 0 Å². The van der Waals surface area contributed by atoms with Crippen LogP contribution in [-0.2, 0) is 0 Å². The Hall–Kier alpha value is -2.63. The Bertz CT molecular complexity index is 807. The Kier molecular flexibility index (Phi) is 2.56. The highest BCUT2D eigenvalue weighted by atomic mass is 19.1. The highest BCUT2D eigenvalue weighted by Crippen LogP contribution is 2.26. The number of aromatic nitrogens is 3. The molecule has 0 unspecified atom stereocenters. The molecule has 0 atom stereocenters. The van der Waals surface area contributed by atoms with E-state index >= 15 is 0 Å². The van der Waals surface area contributed by atoms with Crippen molar-refractivity contribution in [3.05, 3.63) is 46.8 Å². The molecule has 0 radical (unpaired) electrons. The molecular formula is C13H10FN3O2.